The summed E-state index contributed by atoms with van der Waals surface area (Å²) in [6, 6.07) is 12.1. The molecule has 0 atom stereocenters. The number of nitrogens with zero attached hydrogens (tertiary/aromatic N) is 1. The lowest BCUT2D eigenvalue weighted by atomic mass is 10.1. The highest BCUT2D eigenvalue weighted by molar-refractivity contribution is 8.14. The van der Waals surface area contributed by atoms with Gasteiger partial charge in [0.2, 0.25) is 0 Å². The molecule has 23 heavy (non-hydrogen) atoms. The van der Waals surface area contributed by atoms with E-state index in [0.29, 0.717) is 23.1 Å². The summed E-state index contributed by atoms with van der Waals surface area (Å²) in [6.45, 7) is 3.37. The van der Waals surface area contributed by atoms with Crippen LogP contribution < -0.4 is 9.47 Å². The molecular weight excluding hydrogens is 330 g/mol. The summed E-state index contributed by atoms with van der Waals surface area (Å²) >= 11 is 8.15. The highest BCUT2D eigenvalue weighted by Crippen LogP contribution is 2.38. The van der Waals surface area contributed by atoms with Crippen molar-refractivity contribution in [3.8, 4) is 11.5 Å². The van der Waals surface area contributed by atoms with Gasteiger partial charge in [-0.05, 0) is 24.6 Å². The molecule has 0 saturated carbocycles. The summed E-state index contributed by atoms with van der Waals surface area (Å²) < 4.78 is 11.4. The Kier molecular flexibility index (Phi) is 5.13. The van der Waals surface area contributed by atoms with Gasteiger partial charge in [-0.15, -0.1) is 11.8 Å². The second-order valence-corrected chi connectivity index (χ2v) is 6.79. The summed E-state index contributed by atoms with van der Waals surface area (Å²) in [5, 5.41) is 1.55. The summed E-state index contributed by atoms with van der Waals surface area (Å²) in [6.07, 6.45) is 0. The Hall–Kier alpha value is -1.65. The van der Waals surface area contributed by atoms with E-state index >= 15 is 0 Å². The Labute approximate surface area is 145 Å². The van der Waals surface area contributed by atoms with Crippen molar-refractivity contribution in [2.24, 2.45) is 4.99 Å². The number of halogens is 1. The summed E-state index contributed by atoms with van der Waals surface area (Å²) in [4.78, 5) is 4.48. The van der Waals surface area contributed by atoms with E-state index in [2.05, 4.69) is 24.0 Å². The van der Waals surface area contributed by atoms with E-state index in [9.17, 15) is 0 Å². The Balaban J connectivity index is 1.82. The van der Waals surface area contributed by atoms with Crippen molar-refractivity contribution in [1.29, 1.82) is 0 Å². The van der Waals surface area contributed by atoms with E-state index in [0.717, 1.165) is 28.5 Å². The second kappa shape index (κ2) is 7.28. The number of methoxy groups -OCH3 is 1. The maximum atomic E-state index is 6.41. The fourth-order valence-electron chi connectivity index (χ4n) is 2.33. The van der Waals surface area contributed by atoms with E-state index in [1.54, 1.807) is 18.9 Å². The third-order valence-electron chi connectivity index (χ3n) is 3.57. The maximum Gasteiger partial charge on any atom is 0.180 e. The minimum absolute atomic E-state index is 0.450. The molecule has 0 aliphatic carbocycles. The number of rotatable bonds is 5. The van der Waals surface area contributed by atoms with Gasteiger partial charge in [-0.25, -0.2) is 0 Å². The Bertz CT molecular complexity index is 729. The summed E-state index contributed by atoms with van der Waals surface area (Å²) in [5.74, 6) is 2.22. The summed E-state index contributed by atoms with van der Waals surface area (Å²) in [7, 11) is 1.62. The molecule has 0 aromatic heterocycles. The SMILES string of the molecule is COc1cc(C2=NCCS2)cc(Cl)c1OCc1ccc(C)cc1. The van der Waals surface area contributed by atoms with Crippen molar-refractivity contribution in [2.45, 2.75) is 13.5 Å². The van der Waals surface area contributed by atoms with Crippen LogP contribution in [0.5, 0.6) is 11.5 Å². The zero-order chi connectivity index (χ0) is 16.2. The lowest BCUT2D eigenvalue weighted by molar-refractivity contribution is 0.284. The van der Waals surface area contributed by atoms with Gasteiger partial charge < -0.3 is 9.47 Å². The molecule has 0 fully saturated rings. The highest BCUT2D eigenvalue weighted by atomic mass is 35.5. The van der Waals surface area contributed by atoms with Crippen molar-refractivity contribution in [2.75, 3.05) is 19.4 Å². The van der Waals surface area contributed by atoms with Crippen molar-refractivity contribution < 1.29 is 9.47 Å². The average molecular weight is 348 g/mol. The van der Waals surface area contributed by atoms with Crippen LogP contribution in [0.2, 0.25) is 5.02 Å². The molecule has 0 radical (unpaired) electrons. The molecular formula is C18H18ClNO2S. The average Bonchev–Trinajstić information content (AvgIpc) is 3.09. The van der Waals surface area contributed by atoms with Crippen molar-refractivity contribution in [3.63, 3.8) is 0 Å². The Morgan fingerprint density at radius 1 is 1.22 bits per heavy atom. The fourth-order valence-corrected chi connectivity index (χ4v) is 3.44. The second-order valence-electron chi connectivity index (χ2n) is 5.30. The number of benzene rings is 2. The number of hydrogen-bond acceptors (Lipinski definition) is 4. The molecule has 0 saturated heterocycles. The number of hydrogen-bond donors (Lipinski definition) is 0. The minimum Gasteiger partial charge on any atom is -0.493 e. The first-order valence-corrected chi connectivity index (χ1v) is 8.77. The lowest BCUT2D eigenvalue weighted by Crippen LogP contribution is -2.01. The fraction of sp³-hybridized carbons (Fsp3) is 0.278. The van der Waals surface area contributed by atoms with Crippen molar-refractivity contribution >= 4 is 28.4 Å². The molecule has 0 amide bonds. The molecule has 0 bridgehead atoms. The zero-order valence-corrected chi connectivity index (χ0v) is 14.7. The molecule has 120 valence electrons. The minimum atomic E-state index is 0.450. The van der Waals surface area contributed by atoms with E-state index in [1.165, 1.54) is 5.56 Å². The van der Waals surface area contributed by atoms with Gasteiger partial charge in [-0.2, -0.15) is 0 Å². The maximum absolute atomic E-state index is 6.41. The number of aliphatic imine (C=N–C) groups is 1. The van der Waals surface area contributed by atoms with Gasteiger partial charge in [0.1, 0.15) is 6.61 Å². The third-order valence-corrected chi connectivity index (χ3v) is 4.87. The highest BCUT2D eigenvalue weighted by Gasteiger charge is 2.17. The smallest absolute Gasteiger partial charge is 0.180 e. The lowest BCUT2D eigenvalue weighted by Gasteiger charge is -2.14. The molecule has 0 unspecified atom stereocenters. The zero-order valence-electron chi connectivity index (χ0n) is 13.1. The van der Waals surface area contributed by atoms with Crippen LogP contribution in [0.15, 0.2) is 41.4 Å². The van der Waals surface area contributed by atoms with Gasteiger partial charge in [0, 0.05) is 17.9 Å². The monoisotopic (exact) mass is 347 g/mol. The van der Waals surface area contributed by atoms with Crippen LogP contribution in [0.3, 0.4) is 0 Å². The summed E-state index contributed by atoms with van der Waals surface area (Å²) in [5.41, 5.74) is 3.30. The van der Waals surface area contributed by atoms with Crippen LogP contribution in [0.1, 0.15) is 16.7 Å². The molecule has 1 aliphatic heterocycles. The van der Waals surface area contributed by atoms with E-state index < -0.39 is 0 Å². The largest absolute Gasteiger partial charge is 0.493 e. The number of aryl methyl sites for hydroxylation is 1. The first kappa shape index (κ1) is 16.2. The van der Waals surface area contributed by atoms with E-state index in [-0.39, 0.29) is 0 Å². The van der Waals surface area contributed by atoms with Crippen LogP contribution in [-0.2, 0) is 6.61 Å². The first-order chi connectivity index (χ1) is 11.2. The molecule has 0 N–H and O–H groups in total. The van der Waals surface area contributed by atoms with Gasteiger partial charge in [-0.3, -0.25) is 4.99 Å². The number of thioether (sulfide) groups is 1. The molecule has 3 rings (SSSR count). The molecule has 3 nitrogen and oxygen atoms in total. The molecule has 0 spiro atoms. The van der Waals surface area contributed by atoms with Crippen LogP contribution in [0.4, 0.5) is 0 Å². The quantitative estimate of drug-likeness (QED) is 0.783. The van der Waals surface area contributed by atoms with E-state index in [4.69, 9.17) is 21.1 Å². The molecule has 2 aromatic rings. The van der Waals surface area contributed by atoms with Crippen molar-refractivity contribution in [3.05, 3.63) is 58.1 Å². The Morgan fingerprint density at radius 3 is 2.65 bits per heavy atom. The van der Waals surface area contributed by atoms with Crippen LogP contribution in [0, 0.1) is 6.92 Å². The molecule has 1 aliphatic rings. The van der Waals surface area contributed by atoms with Gasteiger partial charge in [-0.1, -0.05) is 41.4 Å². The van der Waals surface area contributed by atoms with Gasteiger partial charge >= 0.3 is 0 Å². The van der Waals surface area contributed by atoms with Crippen LogP contribution >= 0.6 is 23.4 Å². The molecule has 5 heteroatoms. The van der Waals surface area contributed by atoms with Gasteiger partial charge in [0.15, 0.2) is 11.5 Å². The number of ether oxygens (including phenoxy) is 2. The topological polar surface area (TPSA) is 30.8 Å². The van der Waals surface area contributed by atoms with Gasteiger partial charge in [0.05, 0.1) is 17.2 Å². The van der Waals surface area contributed by atoms with Crippen LogP contribution in [-0.4, -0.2) is 24.5 Å². The normalized spacial score (nSPS) is 13.8. The standard InChI is InChI=1S/C18H18ClNO2S/c1-12-3-5-13(6-4-12)11-22-17-15(19)9-14(10-16(17)21-2)18-20-7-8-23-18/h3-6,9-10H,7-8,11H2,1-2H3. The van der Waals surface area contributed by atoms with Gasteiger partial charge in [0.25, 0.3) is 0 Å². The first-order valence-electron chi connectivity index (χ1n) is 7.41. The van der Waals surface area contributed by atoms with E-state index in [1.807, 2.05) is 24.3 Å². The van der Waals surface area contributed by atoms with Crippen LogP contribution in [0.25, 0.3) is 0 Å². The molecule has 2 aromatic carbocycles. The Morgan fingerprint density at radius 2 is 2.00 bits per heavy atom. The third kappa shape index (κ3) is 3.82. The molecule has 1 heterocycles. The predicted octanol–water partition coefficient (Wildman–Crippen LogP) is 4.73. The van der Waals surface area contributed by atoms with Crippen molar-refractivity contribution in [1.82, 2.24) is 0 Å². The predicted molar refractivity (Wildman–Crippen MR) is 97.4 cm³/mol.